The monoisotopic (exact) mass is 437 g/mol. The Hall–Kier alpha value is -3.08. The summed E-state index contributed by atoms with van der Waals surface area (Å²) in [5.41, 5.74) is 2.58. The highest BCUT2D eigenvalue weighted by Gasteiger charge is 2.47. The highest BCUT2D eigenvalue weighted by atomic mass is 35.5. The molecular formula is C24H17Cl2NO3. The van der Waals surface area contributed by atoms with Crippen LogP contribution in [-0.2, 0) is 9.59 Å². The molecule has 0 saturated carbocycles. The number of nitrogens with zero attached hydrogens (tertiary/aromatic N) is 1. The maximum atomic E-state index is 13.1. The van der Waals surface area contributed by atoms with Gasteiger partial charge in [-0.25, -0.2) is 0 Å². The molecule has 4 nitrogen and oxygen atoms in total. The molecular weight excluding hydrogens is 421 g/mol. The molecule has 0 bridgehead atoms. The minimum atomic E-state index is -0.793. The first-order valence-electron chi connectivity index (χ1n) is 9.26. The Balaban J connectivity index is 1.96. The lowest BCUT2D eigenvalue weighted by Gasteiger charge is -2.25. The van der Waals surface area contributed by atoms with Gasteiger partial charge >= 0.3 is 0 Å². The molecule has 1 unspecified atom stereocenters. The minimum absolute atomic E-state index is 0.0212. The number of aliphatic hydroxyl groups excluding tert-OH is 1. The van der Waals surface area contributed by atoms with E-state index in [1.807, 2.05) is 31.2 Å². The Morgan fingerprint density at radius 3 is 2.27 bits per heavy atom. The van der Waals surface area contributed by atoms with E-state index in [0.717, 1.165) is 5.56 Å². The number of rotatable bonds is 3. The molecule has 1 atom stereocenters. The van der Waals surface area contributed by atoms with Crippen molar-refractivity contribution < 1.29 is 14.7 Å². The number of Topliss-reactive ketones (excluding diaryl/α,β-unsaturated/α-hetero) is 1. The van der Waals surface area contributed by atoms with E-state index in [2.05, 4.69) is 0 Å². The summed E-state index contributed by atoms with van der Waals surface area (Å²) in [6.07, 6.45) is 0. The van der Waals surface area contributed by atoms with Crippen LogP contribution in [0.4, 0.5) is 5.69 Å². The molecule has 1 aliphatic heterocycles. The molecule has 3 aromatic rings. The summed E-state index contributed by atoms with van der Waals surface area (Å²) in [7, 11) is 0. The van der Waals surface area contributed by atoms with E-state index in [0.29, 0.717) is 26.9 Å². The second-order valence-corrected chi connectivity index (χ2v) is 7.94. The topological polar surface area (TPSA) is 57.6 Å². The maximum absolute atomic E-state index is 13.1. The first kappa shape index (κ1) is 20.2. The van der Waals surface area contributed by atoms with Gasteiger partial charge in [-0.3, -0.25) is 14.5 Å². The Bertz CT molecular complexity index is 1190. The van der Waals surface area contributed by atoms with Crippen molar-refractivity contribution in [1.29, 1.82) is 0 Å². The van der Waals surface area contributed by atoms with E-state index in [1.54, 1.807) is 48.5 Å². The van der Waals surface area contributed by atoms with Crippen LogP contribution in [-0.4, -0.2) is 16.8 Å². The molecule has 0 radical (unpaired) electrons. The summed E-state index contributed by atoms with van der Waals surface area (Å²) in [6.45, 7) is 1.92. The van der Waals surface area contributed by atoms with Crippen LogP contribution < -0.4 is 4.90 Å². The Morgan fingerprint density at radius 1 is 0.900 bits per heavy atom. The van der Waals surface area contributed by atoms with Crippen LogP contribution in [0.15, 0.2) is 78.4 Å². The van der Waals surface area contributed by atoms with Crippen LogP contribution in [0.1, 0.15) is 22.7 Å². The van der Waals surface area contributed by atoms with Crippen molar-refractivity contribution in [3.63, 3.8) is 0 Å². The van der Waals surface area contributed by atoms with Gasteiger partial charge in [-0.2, -0.15) is 0 Å². The smallest absolute Gasteiger partial charge is 0.300 e. The van der Waals surface area contributed by atoms with E-state index in [9.17, 15) is 14.7 Å². The van der Waals surface area contributed by atoms with Crippen LogP contribution in [0.2, 0.25) is 10.0 Å². The van der Waals surface area contributed by atoms with Crippen molar-refractivity contribution in [1.82, 2.24) is 0 Å². The zero-order chi connectivity index (χ0) is 21.4. The van der Waals surface area contributed by atoms with E-state index >= 15 is 0 Å². The quantitative estimate of drug-likeness (QED) is 0.313. The van der Waals surface area contributed by atoms with Gasteiger partial charge in [-0.05, 0) is 55.0 Å². The third-order valence-electron chi connectivity index (χ3n) is 5.01. The van der Waals surface area contributed by atoms with Gasteiger partial charge in [0.05, 0.1) is 11.6 Å². The van der Waals surface area contributed by atoms with Crippen molar-refractivity contribution in [3.8, 4) is 0 Å². The molecule has 3 aromatic carbocycles. The fourth-order valence-corrected chi connectivity index (χ4v) is 3.95. The van der Waals surface area contributed by atoms with Crippen LogP contribution in [0, 0.1) is 6.92 Å². The number of amides is 1. The number of anilines is 1. The normalized spacial score (nSPS) is 18.1. The van der Waals surface area contributed by atoms with Gasteiger partial charge in [0.15, 0.2) is 0 Å². The summed E-state index contributed by atoms with van der Waals surface area (Å²) in [5.74, 6) is -1.73. The number of ketones is 1. The molecule has 0 aromatic heterocycles. The molecule has 1 amide bonds. The van der Waals surface area contributed by atoms with Gasteiger partial charge in [0.25, 0.3) is 11.7 Å². The number of hydrogen-bond donors (Lipinski definition) is 1. The Kier molecular flexibility index (Phi) is 5.37. The lowest BCUT2D eigenvalue weighted by atomic mass is 9.94. The molecule has 6 heteroatoms. The highest BCUT2D eigenvalue weighted by Crippen LogP contribution is 2.42. The average Bonchev–Trinajstić information content (AvgIpc) is 2.99. The molecule has 1 aliphatic rings. The zero-order valence-corrected chi connectivity index (χ0v) is 17.5. The van der Waals surface area contributed by atoms with Crippen LogP contribution >= 0.6 is 23.2 Å². The molecule has 0 spiro atoms. The second kappa shape index (κ2) is 7.98. The van der Waals surface area contributed by atoms with Crippen molar-refractivity contribution in [2.45, 2.75) is 13.0 Å². The van der Waals surface area contributed by atoms with Crippen LogP contribution in [0.5, 0.6) is 0 Å². The predicted molar refractivity (Wildman–Crippen MR) is 119 cm³/mol. The second-order valence-electron chi connectivity index (χ2n) is 7.07. The van der Waals surface area contributed by atoms with Crippen molar-refractivity contribution in [2.24, 2.45) is 0 Å². The molecule has 1 fully saturated rings. The summed E-state index contributed by atoms with van der Waals surface area (Å²) < 4.78 is 0. The zero-order valence-electron chi connectivity index (χ0n) is 16.0. The standard InChI is InChI=1S/C24H17Cl2NO3/c1-14-4-2-5-16(12-14)21-20(22(28)15-8-10-17(25)11-9-15)23(29)24(30)27(21)19-7-3-6-18(26)13-19/h2-13,21,28H,1H3/b22-20+. The first-order valence-corrected chi connectivity index (χ1v) is 10.0. The molecule has 1 saturated heterocycles. The number of benzene rings is 3. The summed E-state index contributed by atoms with van der Waals surface area (Å²) in [5, 5.41) is 12.0. The third-order valence-corrected chi connectivity index (χ3v) is 5.49. The van der Waals surface area contributed by atoms with E-state index < -0.39 is 17.7 Å². The van der Waals surface area contributed by atoms with Crippen molar-refractivity contribution in [3.05, 3.63) is 105 Å². The Labute approximate surface area is 184 Å². The number of aryl methyl sites for hydroxylation is 1. The van der Waals surface area contributed by atoms with Crippen molar-refractivity contribution in [2.75, 3.05) is 4.90 Å². The Morgan fingerprint density at radius 2 is 1.60 bits per heavy atom. The third kappa shape index (κ3) is 3.60. The van der Waals surface area contributed by atoms with Crippen LogP contribution in [0.25, 0.3) is 5.76 Å². The van der Waals surface area contributed by atoms with E-state index in [-0.39, 0.29) is 11.3 Å². The fraction of sp³-hybridized carbons (Fsp3) is 0.0833. The van der Waals surface area contributed by atoms with Crippen molar-refractivity contribution >= 4 is 46.3 Å². The maximum Gasteiger partial charge on any atom is 0.300 e. The van der Waals surface area contributed by atoms with Gasteiger partial charge in [0, 0.05) is 21.3 Å². The summed E-state index contributed by atoms with van der Waals surface area (Å²) in [6, 6.07) is 19.9. The first-order chi connectivity index (χ1) is 14.4. The number of aliphatic hydroxyl groups is 1. The molecule has 1 heterocycles. The SMILES string of the molecule is Cc1cccc(C2/C(=C(\O)c3ccc(Cl)cc3)C(=O)C(=O)N2c2cccc(Cl)c2)c1. The van der Waals surface area contributed by atoms with Gasteiger partial charge in [-0.15, -0.1) is 0 Å². The number of halogens is 2. The van der Waals surface area contributed by atoms with Gasteiger partial charge in [0.1, 0.15) is 5.76 Å². The van der Waals surface area contributed by atoms with E-state index in [1.165, 1.54) is 4.90 Å². The lowest BCUT2D eigenvalue weighted by molar-refractivity contribution is -0.132. The molecule has 0 aliphatic carbocycles. The molecule has 150 valence electrons. The highest BCUT2D eigenvalue weighted by molar-refractivity contribution is 6.51. The number of hydrogen-bond acceptors (Lipinski definition) is 3. The summed E-state index contributed by atoms with van der Waals surface area (Å²) >= 11 is 12.1. The van der Waals surface area contributed by atoms with E-state index in [4.69, 9.17) is 23.2 Å². The molecule has 1 N–H and O–H groups in total. The molecule has 4 rings (SSSR count). The predicted octanol–water partition coefficient (Wildman–Crippen LogP) is 5.93. The average molecular weight is 438 g/mol. The lowest BCUT2D eigenvalue weighted by Crippen LogP contribution is -2.29. The van der Waals surface area contributed by atoms with Gasteiger partial charge in [-0.1, -0.05) is 59.1 Å². The minimum Gasteiger partial charge on any atom is -0.507 e. The largest absolute Gasteiger partial charge is 0.507 e. The van der Waals surface area contributed by atoms with Gasteiger partial charge < -0.3 is 5.11 Å². The van der Waals surface area contributed by atoms with Crippen LogP contribution in [0.3, 0.4) is 0 Å². The number of carbonyl (C=O) groups is 2. The fourth-order valence-electron chi connectivity index (χ4n) is 3.64. The molecule has 30 heavy (non-hydrogen) atoms. The summed E-state index contributed by atoms with van der Waals surface area (Å²) in [4.78, 5) is 27.5. The van der Waals surface area contributed by atoms with Gasteiger partial charge in [0.2, 0.25) is 0 Å². The number of carbonyl (C=O) groups excluding carboxylic acids is 2.